The fourth-order valence-corrected chi connectivity index (χ4v) is 4.06. The van der Waals surface area contributed by atoms with Crippen molar-refractivity contribution in [3.05, 3.63) is 29.6 Å². The Morgan fingerprint density at radius 2 is 2.05 bits per heavy atom. The number of nitrogens with one attached hydrogen (secondary N) is 2. The molecule has 2 rings (SSSR count). The smallest absolute Gasteiger partial charge is 0.243 e. The summed E-state index contributed by atoms with van der Waals surface area (Å²) in [7, 11) is -3.82. The minimum Gasteiger partial charge on any atom is -0.313 e. The van der Waals surface area contributed by atoms with E-state index in [0.29, 0.717) is 6.54 Å². The molecule has 0 radical (unpaired) electrons. The van der Waals surface area contributed by atoms with E-state index >= 15 is 0 Å². The third-order valence-corrected chi connectivity index (χ3v) is 5.53. The van der Waals surface area contributed by atoms with Crippen LogP contribution in [0.3, 0.4) is 0 Å². The number of rotatable bonds is 7. The molecule has 4 nitrogen and oxygen atoms in total. The standard InChI is InChI=1S/C15H23FN2O2S/c1-3-9-17-11-12-5-6-13(16)14(10-12)21(19,20)18-15(2)7-4-8-15/h5-6,10,17-18H,3-4,7-9,11H2,1-2H3. The van der Waals surface area contributed by atoms with Crippen molar-refractivity contribution in [1.82, 2.24) is 10.0 Å². The highest BCUT2D eigenvalue weighted by Crippen LogP contribution is 2.33. The van der Waals surface area contributed by atoms with Crippen molar-refractivity contribution < 1.29 is 12.8 Å². The van der Waals surface area contributed by atoms with Crippen LogP contribution in [-0.2, 0) is 16.6 Å². The van der Waals surface area contributed by atoms with Gasteiger partial charge in [0, 0.05) is 12.1 Å². The Balaban J connectivity index is 2.18. The third kappa shape index (κ3) is 4.02. The maximum Gasteiger partial charge on any atom is 0.243 e. The Bertz CT molecular complexity index is 598. The Labute approximate surface area is 126 Å². The predicted octanol–water partition coefficient (Wildman–Crippen LogP) is 2.55. The lowest BCUT2D eigenvalue weighted by Gasteiger charge is -2.38. The lowest BCUT2D eigenvalue weighted by Crippen LogP contribution is -2.50. The van der Waals surface area contributed by atoms with E-state index in [1.807, 2.05) is 6.92 Å². The van der Waals surface area contributed by atoms with Crippen LogP contribution in [0.15, 0.2) is 23.1 Å². The van der Waals surface area contributed by atoms with Gasteiger partial charge in [0.05, 0.1) is 0 Å². The summed E-state index contributed by atoms with van der Waals surface area (Å²) in [5.74, 6) is -0.704. The molecule has 1 aliphatic carbocycles. The van der Waals surface area contributed by atoms with E-state index in [9.17, 15) is 12.8 Å². The van der Waals surface area contributed by atoms with Crippen LogP contribution in [0.4, 0.5) is 4.39 Å². The van der Waals surface area contributed by atoms with E-state index in [0.717, 1.165) is 37.8 Å². The van der Waals surface area contributed by atoms with Crippen LogP contribution < -0.4 is 10.0 Å². The van der Waals surface area contributed by atoms with E-state index in [1.165, 1.54) is 12.1 Å². The minimum atomic E-state index is -3.82. The average molecular weight is 314 g/mol. The number of halogens is 1. The van der Waals surface area contributed by atoms with Gasteiger partial charge in [0.1, 0.15) is 10.7 Å². The van der Waals surface area contributed by atoms with Gasteiger partial charge in [0.2, 0.25) is 10.0 Å². The maximum atomic E-state index is 13.9. The SMILES string of the molecule is CCCNCc1ccc(F)c(S(=O)(=O)NC2(C)CCC2)c1. The monoisotopic (exact) mass is 314 g/mol. The Morgan fingerprint density at radius 1 is 1.33 bits per heavy atom. The molecule has 0 heterocycles. The fourth-order valence-electron chi connectivity index (χ4n) is 2.46. The van der Waals surface area contributed by atoms with Crippen molar-refractivity contribution in [2.45, 2.75) is 56.5 Å². The van der Waals surface area contributed by atoms with Crippen molar-refractivity contribution in [2.24, 2.45) is 0 Å². The second-order valence-corrected chi connectivity index (χ2v) is 7.61. The first-order chi connectivity index (χ1) is 9.86. The Hall–Kier alpha value is -0.980. The summed E-state index contributed by atoms with van der Waals surface area (Å²) in [6, 6.07) is 4.26. The van der Waals surface area contributed by atoms with E-state index in [1.54, 1.807) is 6.07 Å². The van der Waals surface area contributed by atoms with Crippen molar-refractivity contribution in [2.75, 3.05) is 6.54 Å². The van der Waals surface area contributed by atoms with Gasteiger partial charge in [-0.05, 0) is 56.8 Å². The molecular weight excluding hydrogens is 291 g/mol. The van der Waals surface area contributed by atoms with Crippen molar-refractivity contribution in [1.29, 1.82) is 0 Å². The molecule has 118 valence electrons. The van der Waals surface area contributed by atoms with Crippen molar-refractivity contribution in [3.8, 4) is 0 Å². The Morgan fingerprint density at radius 3 is 2.62 bits per heavy atom. The highest BCUT2D eigenvalue weighted by Gasteiger charge is 2.37. The fraction of sp³-hybridized carbons (Fsp3) is 0.600. The second-order valence-electron chi connectivity index (χ2n) is 5.96. The summed E-state index contributed by atoms with van der Waals surface area (Å²) in [6.07, 6.45) is 3.59. The zero-order valence-corrected chi connectivity index (χ0v) is 13.4. The van der Waals surface area contributed by atoms with Crippen LogP contribution in [0.25, 0.3) is 0 Å². The van der Waals surface area contributed by atoms with Crippen LogP contribution >= 0.6 is 0 Å². The molecule has 1 aromatic carbocycles. The van der Waals surface area contributed by atoms with Gasteiger partial charge >= 0.3 is 0 Å². The van der Waals surface area contributed by atoms with E-state index in [-0.39, 0.29) is 4.90 Å². The van der Waals surface area contributed by atoms with Gasteiger partial charge in [-0.2, -0.15) is 0 Å². The lowest BCUT2D eigenvalue weighted by atomic mass is 9.80. The van der Waals surface area contributed by atoms with Crippen LogP contribution in [0.2, 0.25) is 0 Å². The molecule has 0 bridgehead atoms. The van der Waals surface area contributed by atoms with Crippen LogP contribution in [-0.4, -0.2) is 20.5 Å². The molecule has 0 amide bonds. The zero-order valence-electron chi connectivity index (χ0n) is 12.6. The van der Waals surface area contributed by atoms with Crippen LogP contribution in [0.5, 0.6) is 0 Å². The van der Waals surface area contributed by atoms with Gasteiger partial charge in [0.15, 0.2) is 0 Å². The molecule has 0 unspecified atom stereocenters. The lowest BCUT2D eigenvalue weighted by molar-refractivity contribution is 0.247. The third-order valence-electron chi connectivity index (χ3n) is 3.88. The van der Waals surface area contributed by atoms with E-state index in [4.69, 9.17) is 0 Å². The molecular formula is C15H23FN2O2S. The highest BCUT2D eigenvalue weighted by molar-refractivity contribution is 7.89. The first-order valence-corrected chi connectivity index (χ1v) is 8.88. The summed E-state index contributed by atoms with van der Waals surface area (Å²) >= 11 is 0. The highest BCUT2D eigenvalue weighted by atomic mass is 32.2. The van der Waals surface area contributed by atoms with Gasteiger partial charge in [-0.3, -0.25) is 0 Å². The van der Waals surface area contributed by atoms with Gasteiger partial charge in [-0.15, -0.1) is 0 Å². The largest absolute Gasteiger partial charge is 0.313 e. The van der Waals surface area contributed by atoms with Crippen LogP contribution in [0, 0.1) is 5.82 Å². The van der Waals surface area contributed by atoms with Crippen molar-refractivity contribution in [3.63, 3.8) is 0 Å². The molecule has 0 atom stereocenters. The molecule has 1 fully saturated rings. The van der Waals surface area contributed by atoms with E-state index < -0.39 is 21.4 Å². The van der Waals surface area contributed by atoms with Gasteiger partial charge in [-0.1, -0.05) is 13.0 Å². The molecule has 21 heavy (non-hydrogen) atoms. The molecule has 0 saturated heterocycles. The number of sulfonamides is 1. The second kappa shape index (κ2) is 6.42. The topological polar surface area (TPSA) is 58.2 Å². The van der Waals surface area contributed by atoms with Gasteiger partial charge in [0.25, 0.3) is 0 Å². The van der Waals surface area contributed by atoms with Gasteiger partial charge in [-0.25, -0.2) is 17.5 Å². The molecule has 1 aromatic rings. The zero-order chi connectivity index (χ0) is 15.5. The molecule has 0 spiro atoms. The van der Waals surface area contributed by atoms with Gasteiger partial charge < -0.3 is 5.32 Å². The average Bonchev–Trinajstić information content (AvgIpc) is 2.38. The quantitative estimate of drug-likeness (QED) is 0.761. The summed E-state index contributed by atoms with van der Waals surface area (Å²) in [5.41, 5.74) is 0.339. The van der Waals surface area contributed by atoms with Crippen molar-refractivity contribution >= 4 is 10.0 Å². The molecule has 1 aliphatic rings. The van der Waals surface area contributed by atoms with E-state index in [2.05, 4.69) is 17.0 Å². The summed E-state index contributed by atoms with van der Waals surface area (Å²) in [6.45, 7) is 5.29. The summed E-state index contributed by atoms with van der Waals surface area (Å²) in [4.78, 5) is -0.258. The number of hydrogen-bond donors (Lipinski definition) is 2. The summed E-state index contributed by atoms with van der Waals surface area (Å²) in [5, 5.41) is 3.18. The normalized spacial score (nSPS) is 17.5. The first kappa shape index (κ1) is 16.4. The molecule has 2 N–H and O–H groups in total. The molecule has 1 saturated carbocycles. The Kier molecular flexibility index (Phi) is 5.01. The molecule has 0 aromatic heterocycles. The predicted molar refractivity (Wildman–Crippen MR) is 81.0 cm³/mol. The maximum absolute atomic E-state index is 13.9. The number of benzene rings is 1. The van der Waals surface area contributed by atoms with Crippen LogP contribution in [0.1, 0.15) is 45.1 Å². The first-order valence-electron chi connectivity index (χ1n) is 7.39. The number of hydrogen-bond acceptors (Lipinski definition) is 3. The molecule has 6 heteroatoms. The molecule has 0 aliphatic heterocycles. The minimum absolute atomic E-state index is 0.258. The summed E-state index contributed by atoms with van der Waals surface area (Å²) < 4.78 is 41.3.